The van der Waals surface area contributed by atoms with Gasteiger partial charge in [-0.15, -0.1) is 11.8 Å². The molecular formula is C95H138N22O18S. The molecule has 0 aliphatic carbocycles. The molecule has 0 unspecified atom stereocenters. The zero-order valence-electron chi connectivity index (χ0n) is 79.0. The van der Waals surface area contributed by atoms with Crippen LogP contribution in [0.25, 0.3) is 21.8 Å². The first-order valence-electron chi connectivity index (χ1n) is 47.2. The fourth-order valence-corrected chi connectivity index (χ4v) is 18.5. The van der Waals surface area contributed by atoms with Gasteiger partial charge in [0.05, 0.1) is 36.5 Å². The summed E-state index contributed by atoms with van der Waals surface area (Å²) in [5, 5.41) is 48.2. The highest BCUT2D eigenvalue weighted by Gasteiger charge is 2.47. The minimum Gasteiger partial charge on any atom is -0.508 e. The van der Waals surface area contributed by atoms with Crippen LogP contribution in [0.15, 0.2) is 97.7 Å². The molecule has 41 heteroatoms. The number of fused-ring (bicyclic) bond motifs is 4. The molecule has 3 aromatic heterocycles. The van der Waals surface area contributed by atoms with Gasteiger partial charge in [0.2, 0.25) is 88.6 Å². The molecule has 742 valence electrons. The highest BCUT2D eigenvalue weighted by atomic mass is 32.2. The third-order valence-corrected chi connectivity index (χ3v) is 26.4. The molecule has 3 aliphatic heterocycles. The molecule has 0 spiro atoms. The molecule has 3 aliphatic rings. The summed E-state index contributed by atoms with van der Waals surface area (Å²) in [4.78, 5) is 259. The van der Waals surface area contributed by atoms with Crippen LogP contribution in [0.1, 0.15) is 173 Å². The summed E-state index contributed by atoms with van der Waals surface area (Å²) in [5.41, 5.74) is 27.0. The predicted molar refractivity (Wildman–Crippen MR) is 510 cm³/mol. The Morgan fingerprint density at radius 3 is 1.71 bits per heavy atom. The van der Waals surface area contributed by atoms with Crippen molar-refractivity contribution in [2.24, 2.45) is 34.8 Å². The number of carbonyl (C=O) groups is 16. The quantitative estimate of drug-likeness (QED) is 0.0286. The molecular weight excluding hydrogens is 1770 g/mol. The van der Waals surface area contributed by atoms with E-state index >= 15 is 38.4 Å². The summed E-state index contributed by atoms with van der Waals surface area (Å²) >= 11 is 0.833. The van der Waals surface area contributed by atoms with Crippen LogP contribution in [0.3, 0.4) is 0 Å². The second-order valence-corrected chi connectivity index (χ2v) is 37.1. The van der Waals surface area contributed by atoms with E-state index in [2.05, 4.69) is 67.8 Å². The number of nitrogens with one attached hydrogen (secondary N) is 12. The number of phenolic OH excluding ortho intramolecular Hbond substituents is 1. The minimum atomic E-state index is -1.53. The lowest BCUT2D eigenvalue weighted by atomic mass is 9.90. The number of nitrogens with two attached hydrogens (primary N) is 4. The number of ketones is 1. The first kappa shape index (κ1) is 107. The number of benzene rings is 3. The summed E-state index contributed by atoms with van der Waals surface area (Å²) < 4.78 is 0. The standard InChI is InChI=1S/C95H138N22O18S/c1-9-11-28-76-89(129)109-71(40-55(3)4)87(127)112-75(85(125)103-50-81(99)121)52-136-53-82(122)105-73(41-57-31-33-62(118)34-32-57)91(131)113(6)56(5)83(123)107-70(35-38-98)93(133)116-39-21-30-77(116)90(130)110-72(45-61-49-100-54-104-61)88(128)108-69(27-18-20-37-97)94(134)117-51-63(119)46-79(117)80(120)44-58(42-59-47-101-66-24-15-13-22-64(59)66)84(124)106-68(26-17-19-36-96)86(126)111-74(43-60-48-102-67-25-16-14-23-65(60)67)92(132)115(8)78(29-12-10-2)95(135)114(76)7/h13-16,22-25,31-34,47-49,54-56,58,63,68-79,101-102,118-119H,9-12,17-21,26-30,35-46,50-53,96-98H2,1-8H3,(H2,99,121)(H,100,104)(H,103,125)(H,105,122)(H,106,124)(H,107,123)(H,108,128)(H,109,129)(H,110,130)(H,111,126)(H,112,127)/t56-,58+,63+,68-,69-,70-,71-,72-,73-,74-,75-,76-,77-,78-,79-/m0/s1. The number of H-pyrrole nitrogens is 3. The van der Waals surface area contributed by atoms with E-state index in [1.807, 2.05) is 50.2 Å². The largest absolute Gasteiger partial charge is 0.508 e. The lowest BCUT2D eigenvalue weighted by Crippen LogP contribution is -2.60. The molecule has 9 rings (SSSR count). The monoisotopic (exact) mass is 1910 g/mol. The van der Waals surface area contributed by atoms with Crippen LogP contribution in [-0.2, 0) is 102 Å². The van der Waals surface area contributed by atoms with Crippen molar-refractivity contribution in [3.8, 4) is 5.75 Å². The number of Topliss-reactive ketones (excluding diaryl/α,β-unsaturated/α-hetero) is 1. The smallest absolute Gasteiger partial charge is 0.245 e. The molecule has 6 heterocycles. The van der Waals surface area contributed by atoms with Gasteiger partial charge in [-0.3, -0.25) is 76.7 Å². The van der Waals surface area contributed by atoms with E-state index in [1.54, 1.807) is 38.4 Å². The predicted octanol–water partition coefficient (Wildman–Crippen LogP) is 0.638. The van der Waals surface area contributed by atoms with Crippen molar-refractivity contribution < 1.29 is 86.9 Å². The Morgan fingerprint density at radius 2 is 1.09 bits per heavy atom. The van der Waals surface area contributed by atoms with Gasteiger partial charge in [0.15, 0.2) is 5.78 Å². The minimum absolute atomic E-state index is 0.00340. The first-order chi connectivity index (χ1) is 65.1. The van der Waals surface area contributed by atoms with Crippen LogP contribution in [-0.4, -0.2) is 306 Å². The Labute approximate surface area is 796 Å². The summed E-state index contributed by atoms with van der Waals surface area (Å²) in [6.07, 6.45) is 6.73. The average Bonchev–Trinajstić information content (AvgIpc) is 1.46. The zero-order chi connectivity index (χ0) is 99.0. The van der Waals surface area contributed by atoms with Crippen LogP contribution in [0.2, 0.25) is 0 Å². The molecule has 0 radical (unpaired) electrons. The number of aromatic hydroxyl groups is 1. The first-order valence-corrected chi connectivity index (χ1v) is 48.4. The van der Waals surface area contributed by atoms with Crippen LogP contribution < -0.4 is 70.8 Å². The molecule has 3 aromatic carbocycles. The molecule has 136 heavy (non-hydrogen) atoms. The van der Waals surface area contributed by atoms with Gasteiger partial charge in [-0.25, -0.2) is 4.98 Å². The number of hydrogen-bond acceptors (Lipinski definition) is 23. The maximum Gasteiger partial charge on any atom is 0.245 e. The molecule has 22 N–H and O–H groups in total. The van der Waals surface area contributed by atoms with Crippen LogP contribution in [0, 0.1) is 11.8 Å². The number of imidazole rings is 1. The number of amides is 15. The number of para-hydroxylation sites is 2. The summed E-state index contributed by atoms with van der Waals surface area (Å²) in [5.74, 6) is -15.3. The number of aromatic nitrogens is 4. The van der Waals surface area contributed by atoms with Crippen molar-refractivity contribution in [3.05, 3.63) is 120 Å². The van der Waals surface area contributed by atoms with Gasteiger partial charge >= 0.3 is 0 Å². The second-order valence-electron chi connectivity index (χ2n) is 36.1. The van der Waals surface area contributed by atoms with Gasteiger partial charge in [0, 0.05) is 118 Å². The Hall–Kier alpha value is -12.3. The lowest BCUT2D eigenvalue weighted by molar-refractivity contribution is -0.149. The molecule has 3 fully saturated rings. The Morgan fingerprint density at radius 1 is 0.537 bits per heavy atom. The third kappa shape index (κ3) is 30.1. The zero-order valence-corrected chi connectivity index (χ0v) is 79.8. The number of thioether (sulfide) groups is 1. The number of hydrogen-bond donors (Lipinski definition) is 18. The van der Waals surface area contributed by atoms with Crippen LogP contribution in [0.4, 0.5) is 0 Å². The van der Waals surface area contributed by atoms with Gasteiger partial charge in [-0.2, -0.15) is 0 Å². The second kappa shape index (κ2) is 52.7. The molecule has 0 saturated carbocycles. The third-order valence-electron chi connectivity index (χ3n) is 25.4. The normalized spacial score (nSPS) is 24.8. The number of phenols is 1. The van der Waals surface area contributed by atoms with Crippen LogP contribution >= 0.6 is 11.8 Å². The highest BCUT2D eigenvalue weighted by molar-refractivity contribution is 8.00. The van der Waals surface area contributed by atoms with Crippen molar-refractivity contribution in [2.45, 2.75) is 261 Å². The van der Waals surface area contributed by atoms with Gasteiger partial charge in [-0.1, -0.05) is 102 Å². The van der Waals surface area contributed by atoms with E-state index in [0.717, 1.165) is 16.7 Å². The van der Waals surface area contributed by atoms with Crippen molar-refractivity contribution in [1.29, 1.82) is 0 Å². The molecule has 3 saturated heterocycles. The van der Waals surface area contributed by atoms with Crippen molar-refractivity contribution in [2.75, 3.05) is 71.9 Å². The Bertz CT molecular complexity index is 5090. The van der Waals surface area contributed by atoms with Crippen molar-refractivity contribution in [1.82, 2.24) is 92.3 Å². The number of rotatable bonds is 29. The number of carbonyl (C=O) groups excluding carboxylic acids is 16. The Balaban J connectivity index is 1.11. The summed E-state index contributed by atoms with van der Waals surface area (Å²) in [6, 6.07) is 2.12. The maximum atomic E-state index is 16.0. The average molecular weight is 1910 g/mol. The number of aliphatic hydroxyl groups is 1. The van der Waals surface area contributed by atoms with Gasteiger partial charge in [-0.05, 0) is 157 Å². The highest BCUT2D eigenvalue weighted by Crippen LogP contribution is 2.31. The number of unbranched alkanes of at least 4 members (excludes halogenated alkanes) is 4. The van der Waals surface area contributed by atoms with Crippen molar-refractivity contribution >= 4 is 128 Å². The Kier molecular flexibility index (Phi) is 41.6. The van der Waals surface area contributed by atoms with Crippen LogP contribution in [0.5, 0.6) is 5.75 Å². The van der Waals surface area contributed by atoms with E-state index in [1.165, 1.54) is 84.5 Å². The fourth-order valence-electron chi connectivity index (χ4n) is 17.6. The number of likely N-dealkylation sites (N-methyl/N-ethyl adjacent to an activating group) is 3. The SMILES string of the molecule is CCCC[C@H]1C(=O)N(C)[C@@H](CCCC)C(=O)N[C@@H](CC(C)C)C(=O)N[C@H](C(=O)NCC(N)=O)CSCC(=O)N[C@@H](Cc2ccc(O)cc2)C(=O)N(C)[C@@H](C)C(=O)N[C@@H](CCN)C(=O)N2CCC[C@H]2C(=O)N[C@@H](Cc2c[nH]cn2)C(=O)N[C@@H](CCCCN)C(=O)N2C[C@H](O)C[C@H]2C(=O)C[C@@H](Cc2c[nH]c3ccccc23)C(=O)N[C@@H](CCCCN)C(=O)N[C@@H](Cc2c[nH]c3ccccc23)C(=O)N1C. The van der Waals surface area contributed by atoms with E-state index in [4.69, 9.17) is 22.9 Å². The van der Waals surface area contributed by atoms with Gasteiger partial charge < -0.3 is 120 Å². The van der Waals surface area contributed by atoms with E-state index < -0.39 is 204 Å². The number of primary amides is 1. The van der Waals surface area contributed by atoms with Gasteiger partial charge in [0.25, 0.3) is 0 Å². The van der Waals surface area contributed by atoms with Crippen molar-refractivity contribution in [3.63, 3.8) is 0 Å². The summed E-state index contributed by atoms with van der Waals surface area (Å²) in [6.45, 7) is 7.88. The fraction of sp³-hybridized carbons (Fsp3) is 0.568. The van der Waals surface area contributed by atoms with E-state index in [9.17, 15) is 48.6 Å². The number of aliphatic hydroxyl groups excluding tert-OH is 1. The molecule has 6 aromatic rings. The summed E-state index contributed by atoms with van der Waals surface area (Å²) in [7, 11) is 4.14. The van der Waals surface area contributed by atoms with Gasteiger partial charge in [0.1, 0.15) is 78.3 Å². The molecule has 15 atom stereocenters. The topological polar surface area (TPSA) is 602 Å². The molecule has 15 amide bonds. The molecule has 40 nitrogen and oxygen atoms in total. The lowest BCUT2D eigenvalue weighted by Gasteiger charge is -2.36. The maximum absolute atomic E-state index is 16.0. The van der Waals surface area contributed by atoms with E-state index in [0.29, 0.717) is 82.7 Å². The number of nitrogens with zero attached hydrogens (tertiary/aromatic N) is 6. The number of aromatic amines is 3. The molecule has 0 bridgehead atoms. The van der Waals surface area contributed by atoms with E-state index in [-0.39, 0.29) is 146 Å².